The lowest BCUT2D eigenvalue weighted by atomic mass is 9.82. The van der Waals surface area contributed by atoms with Gasteiger partial charge in [0, 0.05) is 10.9 Å². The lowest BCUT2D eigenvalue weighted by Crippen LogP contribution is -2.27. The minimum atomic E-state index is -0.445. The highest BCUT2D eigenvalue weighted by atomic mass is 16.5. The zero-order valence-electron chi connectivity index (χ0n) is 15.4. The molecule has 3 aromatic rings. The molecule has 1 unspecified atom stereocenters. The first-order valence-electron chi connectivity index (χ1n) is 9.03. The number of benzene rings is 3. The van der Waals surface area contributed by atoms with Gasteiger partial charge in [0.2, 0.25) is 5.88 Å². The van der Waals surface area contributed by atoms with E-state index in [-0.39, 0.29) is 18.4 Å². The van der Waals surface area contributed by atoms with Gasteiger partial charge < -0.3 is 15.2 Å². The van der Waals surface area contributed by atoms with E-state index in [9.17, 15) is 4.79 Å². The summed E-state index contributed by atoms with van der Waals surface area (Å²) in [6, 6.07) is 20.1. The fourth-order valence-corrected chi connectivity index (χ4v) is 3.60. The topological polar surface area (TPSA) is 61.5 Å². The fourth-order valence-electron chi connectivity index (χ4n) is 3.60. The minimum Gasteiger partial charge on any atom is -0.462 e. The number of rotatable bonds is 3. The summed E-state index contributed by atoms with van der Waals surface area (Å²) in [7, 11) is 0. The van der Waals surface area contributed by atoms with E-state index in [1.807, 2.05) is 67.6 Å². The number of carbonyl (C=O) groups is 1. The van der Waals surface area contributed by atoms with Gasteiger partial charge in [-0.15, -0.1) is 0 Å². The number of nitrogens with two attached hydrogens (primary N) is 1. The van der Waals surface area contributed by atoms with Crippen LogP contribution in [0.1, 0.15) is 29.5 Å². The number of fused-ring (bicyclic) bond motifs is 3. The van der Waals surface area contributed by atoms with Crippen molar-refractivity contribution in [2.75, 3.05) is 6.61 Å². The van der Waals surface area contributed by atoms with Crippen LogP contribution in [-0.2, 0) is 9.53 Å². The summed E-state index contributed by atoms with van der Waals surface area (Å²) in [5.74, 6) is 0.0180. The van der Waals surface area contributed by atoms with Gasteiger partial charge in [-0.05, 0) is 24.8 Å². The number of esters is 1. The van der Waals surface area contributed by atoms with Crippen molar-refractivity contribution in [1.82, 2.24) is 0 Å². The Hall–Kier alpha value is -3.27. The van der Waals surface area contributed by atoms with Crippen molar-refractivity contribution >= 4 is 16.7 Å². The minimum absolute atomic E-state index is 0.0999. The molecule has 0 amide bonds. The van der Waals surface area contributed by atoms with Gasteiger partial charge in [0.25, 0.3) is 0 Å². The quantitative estimate of drug-likeness (QED) is 0.704. The third-order valence-electron chi connectivity index (χ3n) is 4.89. The molecule has 4 rings (SSSR count). The molecule has 1 heterocycles. The maximum atomic E-state index is 12.7. The van der Waals surface area contributed by atoms with Crippen LogP contribution in [-0.4, -0.2) is 12.6 Å². The van der Waals surface area contributed by atoms with E-state index in [1.165, 1.54) is 0 Å². The molecule has 1 aliphatic heterocycles. The molecule has 4 nitrogen and oxygen atoms in total. The Morgan fingerprint density at radius 3 is 2.56 bits per heavy atom. The number of hydrogen-bond acceptors (Lipinski definition) is 4. The highest BCUT2D eigenvalue weighted by Gasteiger charge is 2.36. The molecule has 136 valence electrons. The lowest BCUT2D eigenvalue weighted by Gasteiger charge is -2.29. The second-order valence-corrected chi connectivity index (χ2v) is 6.65. The molecule has 1 atom stereocenters. The van der Waals surface area contributed by atoms with Gasteiger partial charge in [0.15, 0.2) is 0 Å². The van der Waals surface area contributed by atoms with Gasteiger partial charge in [-0.25, -0.2) is 4.79 Å². The summed E-state index contributed by atoms with van der Waals surface area (Å²) in [4.78, 5) is 12.7. The average molecular weight is 359 g/mol. The Morgan fingerprint density at radius 1 is 1.07 bits per heavy atom. The SMILES string of the molecule is CCOC(=O)C1=C(N)Oc2c(ccc3ccccc23)C1c1ccc(C)cc1. The van der Waals surface area contributed by atoms with E-state index >= 15 is 0 Å². The molecule has 0 aliphatic carbocycles. The van der Waals surface area contributed by atoms with Crippen LogP contribution in [0.25, 0.3) is 10.8 Å². The molecule has 0 aromatic heterocycles. The summed E-state index contributed by atoms with van der Waals surface area (Å²) in [6.07, 6.45) is 0. The maximum Gasteiger partial charge on any atom is 0.340 e. The largest absolute Gasteiger partial charge is 0.462 e. The van der Waals surface area contributed by atoms with Gasteiger partial charge in [-0.2, -0.15) is 0 Å². The van der Waals surface area contributed by atoms with Gasteiger partial charge in [-0.1, -0.05) is 66.2 Å². The van der Waals surface area contributed by atoms with Gasteiger partial charge in [-0.3, -0.25) is 0 Å². The first kappa shape index (κ1) is 17.2. The molecule has 0 saturated heterocycles. The van der Waals surface area contributed by atoms with Gasteiger partial charge in [0.1, 0.15) is 11.3 Å². The molecular weight excluding hydrogens is 338 g/mol. The van der Waals surface area contributed by atoms with Crippen molar-refractivity contribution in [1.29, 1.82) is 0 Å². The normalized spacial score (nSPS) is 16.0. The van der Waals surface area contributed by atoms with Crippen molar-refractivity contribution in [3.63, 3.8) is 0 Å². The monoisotopic (exact) mass is 359 g/mol. The van der Waals surface area contributed by atoms with E-state index in [0.29, 0.717) is 11.3 Å². The van der Waals surface area contributed by atoms with Crippen molar-refractivity contribution in [3.05, 3.63) is 88.8 Å². The first-order valence-corrected chi connectivity index (χ1v) is 9.03. The van der Waals surface area contributed by atoms with Crippen LogP contribution in [0.4, 0.5) is 0 Å². The van der Waals surface area contributed by atoms with Crippen molar-refractivity contribution in [3.8, 4) is 5.75 Å². The molecule has 0 fully saturated rings. The summed E-state index contributed by atoms with van der Waals surface area (Å²) in [5, 5.41) is 2.03. The highest BCUT2D eigenvalue weighted by Crippen LogP contribution is 2.45. The van der Waals surface area contributed by atoms with E-state index < -0.39 is 5.97 Å². The van der Waals surface area contributed by atoms with Crippen LogP contribution in [0.2, 0.25) is 0 Å². The van der Waals surface area contributed by atoms with Crippen LogP contribution < -0.4 is 10.5 Å². The third kappa shape index (κ3) is 2.93. The first-order chi connectivity index (χ1) is 13.1. The molecule has 1 aliphatic rings. The standard InChI is InChI=1S/C23H21NO3/c1-3-26-23(25)20-19(16-10-8-14(2)9-11-16)18-13-12-15-6-4-5-7-17(15)21(18)27-22(20)24/h4-13,19H,3,24H2,1-2H3. The summed E-state index contributed by atoms with van der Waals surface area (Å²) in [6.45, 7) is 4.09. The second-order valence-electron chi connectivity index (χ2n) is 6.65. The van der Waals surface area contributed by atoms with Crippen molar-refractivity contribution in [2.45, 2.75) is 19.8 Å². The Labute approximate surface area is 158 Å². The number of hydrogen-bond donors (Lipinski definition) is 1. The molecule has 0 bridgehead atoms. The molecule has 2 N–H and O–H groups in total. The van der Waals surface area contributed by atoms with Crippen molar-refractivity contribution in [2.24, 2.45) is 5.73 Å². The predicted octanol–water partition coefficient (Wildman–Crippen LogP) is 4.41. The number of aryl methyl sites for hydroxylation is 1. The summed E-state index contributed by atoms with van der Waals surface area (Å²) >= 11 is 0. The van der Waals surface area contributed by atoms with Crippen molar-refractivity contribution < 1.29 is 14.3 Å². The number of ether oxygens (including phenoxy) is 2. The Balaban J connectivity index is 1.96. The summed E-state index contributed by atoms with van der Waals surface area (Å²) < 4.78 is 11.2. The van der Waals surface area contributed by atoms with E-state index in [2.05, 4.69) is 0 Å². The summed E-state index contributed by atoms with van der Waals surface area (Å²) in [5.41, 5.74) is 9.62. The Morgan fingerprint density at radius 2 is 1.81 bits per heavy atom. The smallest absolute Gasteiger partial charge is 0.340 e. The fraction of sp³-hybridized carbons (Fsp3) is 0.174. The molecule has 0 spiro atoms. The van der Waals surface area contributed by atoms with Gasteiger partial charge in [0.05, 0.1) is 12.5 Å². The molecule has 4 heteroatoms. The van der Waals surface area contributed by atoms with Gasteiger partial charge >= 0.3 is 5.97 Å². The number of carbonyl (C=O) groups excluding carboxylic acids is 1. The molecule has 0 radical (unpaired) electrons. The van der Waals surface area contributed by atoms with Crippen LogP contribution in [0.15, 0.2) is 72.1 Å². The van der Waals surface area contributed by atoms with Crippen LogP contribution in [0.3, 0.4) is 0 Å². The van der Waals surface area contributed by atoms with Crippen LogP contribution in [0.5, 0.6) is 5.75 Å². The van der Waals surface area contributed by atoms with E-state index in [1.54, 1.807) is 6.92 Å². The highest BCUT2D eigenvalue weighted by molar-refractivity contribution is 5.96. The Kier molecular flexibility index (Phi) is 4.32. The molecule has 0 saturated carbocycles. The zero-order chi connectivity index (χ0) is 19.0. The van der Waals surface area contributed by atoms with E-state index in [4.69, 9.17) is 15.2 Å². The molecular formula is C23H21NO3. The molecule has 3 aromatic carbocycles. The lowest BCUT2D eigenvalue weighted by molar-refractivity contribution is -0.139. The van der Waals surface area contributed by atoms with E-state index in [0.717, 1.165) is 27.5 Å². The van der Waals surface area contributed by atoms with Crippen LogP contribution >= 0.6 is 0 Å². The predicted molar refractivity (Wildman–Crippen MR) is 105 cm³/mol. The second kappa shape index (κ2) is 6.80. The third-order valence-corrected chi connectivity index (χ3v) is 4.89. The van der Waals surface area contributed by atoms with Crippen LogP contribution in [0, 0.1) is 6.92 Å². The Bertz CT molecular complexity index is 1050. The average Bonchev–Trinajstić information content (AvgIpc) is 2.68. The zero-order valence-corrected chi connectivity index (χ0v) is 15.4. The molecule has 27 heavy (non-hydrogen) atoms. The maximum absolute atomic E-state index is 12.7.